The normalized spacial score (nSPS) is 10.4. The minimum atomic E-state index is -0.448. The number of benzene rings is 3. The van der Waals surface area contributed by atoms with Crippen molar-refractivity contribution < 1.29 is 14.3 Å². The summed E-state index contributed by atoms with van der Waals surface area (Å²) in [6.07, 6.45) is 1.14. The fraction of sp³-hybridized carbons (Fsp3) is 0.192. The molecule has 3 aromatic rings. The molecule has 0 amide bonds. The number of ether oxygens (including phenoxy) is 2. The van der Waals surface area contributed by atoms with Crippen LogP contribution in [0.1, 0.15) is 16.7 Å². The molecule has 4 nitrogen and oxygen atoms in total. The van der Waals surface area contributed by atoms with Crippen LogP contribution in [-0.2, 0) is 9.53 Å². The molecule has 0 saturated heterocycles. The zero-order chi connectivity index (χ0) is 21.5. The number of hydrogen-bond acceptors (Lipinski definition) is 4. The molecule has 0 radical (unpaired) electrons. The molecule has 4 heteroatoms. The van der Waals surface area contributed by atoms with E-state index in [1.54, 1.807) is 0 Å². The van der Waals surface area contributed by atoms with Gasteiger partial charge in [0.2, 0.25) is 0 Å². The van der Waals surface area contributed by atoms with Crippen molar-refractivity contribution in [1.82, 2.24) is 0 Å². The third-order valence-electron chi connectivity index (χ3n) is 4.90. The van der Waals surface area contributed by atoms with Crippen LogP contribution in [0, 0.1) is 20.8 Å². The molecule has 0 spiro atoms. The SMILES string of the molecule is C=CC(=O)OCCOc1ccc(N(c2ccc(C)cc2)c2ccc(C)c(C)c2)cc1. The number of rotatable bonds is 8. The van der Waals surface area contributed by atoms with E-state index in [0.717, 1.165) is 28.9 Å². The Labute approximate surface area is 178 Å². The van der Waals surface area contributed by atoms with E-state index in [1.165, 1.54) is 16.7 Å². The van der Waals surface area contributed by atoms with Gasteiger partial charge in [-0.1, -0.05) is 30.3 Å². The van der Waals surface area contributed by atoms with E-state index >= 15 is 0 Å². The van der Waals surface area contributed by atoms with Crippen LogP contribution in [0.15, 0.2) is 79.4 Å². The van der Waals surface area contributed by atoms with Gasteiger partial charge in [0.1, 0.15) is 19.0 Å². The van der Waals surface area contributed by atoms with Crippen molar-refractivity contribution in [2.75, 3.05) is 18.1 Å². The Bertz CT molecular complexity index is 1010. The van der Waals surface area contributed by atoms with E-state index in [2.05, 4.69) is 74.7 Å². The van der Waals surface area contributed by atoms with Gasteiger partial charge >= 0.3 is 5.97 Å². The van der Waals surface area contributed by atoms with Crippen LogP contribution in [0.3, 0.4) is 0 Å². The minimum absolute atomic E-state index is 0.185. The summed E-state index contributed by atoms with van der Waals surface area (Å²) in [5.41, 5.74) is 6.97. The molecule has 0 aliphatic rings. The topological polar surface area (TPSA) is 38.8 Å². The minimum Gasteiger partial charge on any atom is -0.490 e. The Morgan fingerprint density at radius 2 is 1.43 bits per heavy atom. The quantitative estimate of drug-likeness (QED) is 0.256. The summed E-state index contributed by atoms with van der Waals surface area (Å²) in [5.74, 6) is 0.272. The highest BCUT2D eigenvalue weighted by atomic mass is 16.6. The van der Waals surface area contributed by atoms with Gasteiger partial charge in [-0.25, -0.2) is 4.79 Å². The Balaban J connectivity index is 1.83. The zero-order valence-corrected chi connectivity index (χ0v) is 17.7. The largest absolute Gasteiger partial charge is 0.490 e. The van der Waals surface area contributed by atoms with Crippen LogP contribution < -0.4 is 9.64 Å². The lowest BCUT2D eigenvalue weighted by Gasteiger charge is -2.26. The van der Waals surface area contributed by atoms with Crippen molar-refractivity contribution in [3.05, 3.63) is 96.1 Å². The van der Waals surface area contributed by atoms with Gasteiger partial charge in [0.15, 0.2) is 0 Å². The van der Waals surface area contributed by atoms with Crippen molar-refractivity contribution in [2.45, 2.75) is 20.8 Å². The second kappa shape index (κ2) is 9.79. The summed E-state index contributed by atoms with van der Waals surface area (Å²) in [4.78, 5) is 13.3. The van der Waals surface area contributed by atoms with Crippen molar-refractivity contribution in [3.8, 4) is 5.75 Å². The number of aryl methyl sites for hydroxylation is 3. The van der Waals surface area contributed by atoms with E-state index in [1.807, 2.05) is 24.3 Å². The smallest absolute Gasteiger partial charge is 0.330 e. The second-order valence-corrected chi connectivity index (χ2v) is 7.15. The molecule has 0 heterocycles. The molecule has 0 N–H and O–H groups in total. The first-order chi connectivity index (χ1) is 14.5. The number of esters is 1. The van der Waals surface area contributed by atoms with E-state index in [-0.39, 0.29) is 13.2 Å². The lowest BCUT2D eigenvalue weighted by Crippen LogP contribution is -2.11. The first-order valence-corrected chi connectivity index (χ1v) is 9.94. The van der Waals surface area contributed by atoms with E-state index in [0.29, 0.717) is 0 Å². The molecule has 154 valence electrons. The highest BCUT2D eigenvalue weighted by Crippen LogP contribution is 2.36. The molecule has 0 aliphatic heterocycles. The predicted molar refractivity (Wildman–Crippen MR) is 122 cm³/mol. The molecule has 0 aliphatic carbocycles. The highest BCUT2D eigenvalue weighted by Gasteiger charge is 2.13. The van der Waals surface area contributed by atoms with Gasteiger partial charge < -0.3 is 14.4 Å². The van der Waals surface area contributed by atoms with Crippen molar-refractivity contribution in [3.63, 3.8) is 0 Å². The van der Waals surface area contributed by atoms with Crippen LogP contribution in [0.5, 0.6) is 5.75 Å². The average molecular weight is 402 g/mol. The van der Waals surface area contributed by atoms with Gasteiger partial charge in [-0.2, -0.15) is 0 Å². The number of nitrogens with zero attached hydrogens (tertiary/aromatic N) is 1. The summed E-state index contributed by atoms with van der Waals surface area (Å²) in [5, 5.41) is 0. The van der Waals surface area contributed by atoms with Crippen molar-refractivity contribution in [1.29, 1.82) is 0 Å². The third kappa shape index (κ3) is 5.29. The van der Waals surface area contributed by atoms with Gasteiger partial charge in [0.25, 0.3) is 0 Å². The molecule has 3 rings (SSSR count). The molecule has 0 bridgehead atoms. The van der Waals surface area contributed by atoms with Crippen LogP contribution in [0.2, 0.25) is 0 Å². The van der Waals surface area contributed by atoms with Gasteiger partial charge in [0, 0.05) is 23.1 Å². The Morgan fingerprint density at radius 3 is 2.03 bits per heavy atom. The fourth-order valence-electron chi connectivity index (χ4n) is 3.06. The van der Waals surface area contributed by atoms with Crippen LogP contribution >= 0.6 is 0 Å². The number of carbonyl (C=O) groups is 1. The van der Waals surface area contributed by atoms with E-state index in [4.69, 9.17) is 9.47 Å². The maximum Gasteiger partial charge on any atom is 0.330 e. The predicted octanol–water partition coefficient (Wildman–Crippen LogP) is 6.19. The lowest BCUT2D eigenvalue weighted by atomic mass is 10.1. The number of anilines is 3. The molecule has 0 atom stereocenters. The molecule has 30 heavy (non-hydrogen) atoms. The summed E-state index contributed by atoms with van der Waals surface area (Å²) in [6, 6.07) is 22.9. The Kier molecular flexibility index (Phi) is 6.91. The first kappa shape index (κ1) is 21.2. The van der Waals surface area contributed by atoms with Crippen LogP contribution in [0.4, 0.5) is 17.1 Å². The molecule has 3 aromatic carbocycles. The van der Waals surface area contributed by atoms with Gasteiger partial charge in [0.05, 0.1) is 0 Å². The number of carbonyl (C=O) groups excluding carboxylic acids is 1. The number of hydrogen-bond donors (Lipinski definition) is 0. The van der Waals surface area contributed by atoms with Crippen LogP contribution in [0.25, 0.3) is 0 Å². The van der Waals surface area contributed by atoms with E-state index < -0.39 is 5.97 Å². The summed E-state index contributed by atoms with van der Waals surface area (Å²) in [7, 11) is 0. The third-order valence-corrected chi connectivity index (χ3v) is 4.90. The Morgan fingerprint density at radius 1 is 0.833 bits per heavy atom. The van der Waals surface area contributed by atoms with Gasteiger partial charge in [-0.05, 0) is 80.4 Å². The van der Waals surface area contributed by atoms with Crippen molar-refractivity contribution in [2.24, 2.45) is 0 Å². The molecule has 0 unspecified atom stereocenters. The lowest BCUT2D eigenvalue weighted by molar-refractivity contribution is -0.138. The van der Waals surface area contributed by atoms with Crippen molar-refractivity contribution >= 4 is 23.0 Å². The molecule has 0 aromatic heterocycles. The maximum atomic E-state index is 11.1. The fourth-order valence-corrected chi connectivity index (χ4v) is 3.06. The molecular formula is C26H27NO3. The standard InChI is InChI=1S/C26H27NO3/c1-5-26(28)30-17-16-29-25-14-12-23(13-15-25)27(22-9-6-19(2)7-10-22)24-11-8-20(3)21(4)18-24/h5-15,18H,1,16-17H2,2-4H3. The molecular weight excluding hydrogens is 374 g/mol. The zero-order valence-electron chi connectivity index (χ0n) is 17.7. The highest BCUT2D eigenvalue weighted by molar-refractivity contribution is 5.81. The summed E-state index contributed by atoms with van der Waals surface area (Å²) < 4.78 is 10.6. The average Bonchev–Trinajstić information content (AvgIpc) is 2.76. The van der Waals surface area contributed by atoms with Gasteiger partial charge in [-0.15, -0.1) is 0 Å². The van der Waals surface area contributed by atoms with Gasteiger partial charge in [-0.3, -0.25) is 0 Å². The first-order valence-electron chi connectivity index (χ1n) is 9.94. The second-order valence-electron chi connectivity index (χ2n) is 7.15. The molecule has 0 fully saturated rings. The maximum absolute atomic E-state index is 11.1. The summed E-state index contributed by atoms with van der Waals surface area (Å²) >= 11 is 0. The monoisotopic (exact) mass is 401 g/mol. The van der Waals surface area contributed by atoms with Crippen LogP contribution in [-0.4, -0.2) is 19.2 Å². The Hall–Kier alpha value is -3.53. The molecule has 0 saturated carbocycles. The summed E-state index contributed by atoms with van der Waals surface area (Å²) in [6.45, 7) is 10.2. The van der Waals surface area contributed by atoms with E-state index in [9.17, 15) is 4.79 Å².